The van der Waals surface area contributed by atoms with Gasteiger partial charge in [0.1, 0.15) is 29.6 Å². The van der Waals surface area contributed by atoms with Crippen molar-refractivity contribution in [2.24, 2.45) is 0 Å². The molecule has 0 bridgehead atoms. The highest BCUT2D eigenvalue weighted by Gasteiger charge is 2.12. The second-order valence-corrected chi connectivity index (χ2v) is 9.08. The van der Waals surface area contributed by atoms with Crippen molar-refractivity contribution in [2.45, 2.75) is 6.61 Å². The maximum absolute atomic E-state index is 12.4. The lowest BCUT2D eigenvalue weighted by Crippen LogP contribution is -2.00. The zero-order chi connectivity index (χ0) is 22.5. The van der Waals surface area contributed by atoms with E-state index in [1.807, 2.05) is 24.3 Å². The molecule has 0 atom stereocenters. The molecule has 0 amide bonds. The number of ether oxygens (including phenoxy) is 2. The highest BCUT2D eigenvalue weighted by Crippen LogP contribution is 2.37. The molecule has 0 radical (unpaired) electrons. The summed E-state index contributed by atoms with van der Waals surface area (Å²) in [5.41, 5.74) is 1.67. The van der Waals surface area contributed by atoms with Crippen LogP contribution in [0.15, 0.2) is 68.0 Å². The Balaban J connectivity index is 1.80. The number of carbonyl (C=O) groups excluding carboxylic acids is 1. The van der Waals surface area contributed by atoms with Crippen molar-refractivity contribution < 1.29 is 24.5 Å². The number of allylic oxidation sites excluding steroid dienone is 1. The summed E-state index contributed by atoms with van der Waals surface area (Å²) in [5, 5.41) is 19.2. The number of phenols is 2. The largest absolute Gasteiger partial charge is 0.508 e. The quantitative estimate of drug-likeness (QED) is 0.225. The van der Waals surface area contributed by atoms with Crippen LogP contribution in [-0.2, 0) is 6.61 Å². The molecule has 0 aliphatic carbocycles. The minimum absolute atomic E-state index is 0.107. The summed E-state index contributed by atoms with van der Waals surface area (Å²) in [5.74, 6) is 0.549. The van der Waals surface area contributed by atoms with Gasteiger partial charge in [-0.25, -0.2) is 0 Å². The molecule has 160 valence electrons. The molecule has 0 saturated heterocycles. The number of hydrogen-bond donors (Lipinski definition) is 2. The summed E-state index contributed by atoms with van der Waals surface area (Å²) in [6, 6.07) is 13.1. The molecule has 0 aromatic heterocycles. The molecule has 3 aromatic rings. The van der Waals surface area contributed by atoms with Crippen LogP contribution >= 0.6 is 47.8 Å². The summed E-state index contributed by atoms with van der Waals surface area (Å²) >= 11 is 10.4. The first kappa shape index (κ1) is 23.4. The molecule has 0 aliphatic heterocycles. The van der Waals surface area contributed by atoms with Crippen LogP contribution in [0.4, 0.5) is 0 Å². The Kier molecular flexibility index (Phi) is 7.80. The molecule has 31 heavy (non-hydrogen) atoms. The van der Waals surface area contributed by atoms with Crippen LogP contribution < -0.4 is 9.47 Å². The molecule has 3 rings (SSSR count). The zero-order valence-electron chi connectivity index (χ0n) is 16.2. The Hall–Kier alpha value is -2.29. The van der Waals surface area contributed by atoms with Crippen LogP contribution in [-0.4, -0.2) is 23.1 Å². The summed E-state index contributed by atoms with van der Waals surface area (Å²) < 4.78 is 13.9. The Morgan fingerprint density at radius 2 is 1.71 bits per heavy atom. The third-order valence-corrected chi connectivity index (χ3v) is 5.95. The number of phenolic OH excluding ortho intramolecular Hbond substituents is 2. The van der Waals surface area contributed by atoms with E-state index in [9.17, 15) is 15.0 Å². The number of ketones is 1. The van der Waals surface area contributed by atoms with Crippen molar-refractivity contribution in [1.29, 1.82) is 0 Å². The summed E-state index contributed by atoms with van der Waals surface area (Å²) in [6.07, 6.45) is 3.00. The predicted molar refractivity (Wildman–Crippen MR) is 130 cm³/mol. The third-order valence-electron chi connectivity index (χ3n) is 4.31. The number of methoxy groups -OCH3 is 1. The monoisotopic (exact) mass is 610 g/mol. The van der Waals surface area contributed by atoms with Gasteiger partial charge in [-0.2, -0.15) is 0 Å². The van der Waals surface area contributed by atoms with E-state index in [0.717, 1.165) is 30.6 Å². The smallest absolute Gasteiger partial charge is 0.189 e. The molecule has 0 saturated carbocycles. The molecule has 0 unspecified atom stereocenters. The number of halogens is 3. The van der Waals surface area contributed by atoms with E-state index in [1.165, 1.54) is 18.2 Å². The SMILES string of the molecule is COc1ccc(/C=C/C(=O)c2ccc(O)cc2O)cc1COc1c(Br)cc(Br)cc1Br. The van der Waals surface area contributed by atoms with Crippen molar-refractivity contribution in [3.05, 3.63) is 84.7 Å². The molecule has 0 aliphatic rings. The molecule has 0 spiro atoms. The molecule has 0 fully saturated rings. The fraction of sp³-hybridized carbons (Fsp3) is 0.0870. The van der Waals surface area contributed by atoms with Crippen LogP contribution in [0.25, 0.3) is 6.08 Å². The minimum Gasteiger partial charge on any atom is -0.508 e. The van der Waals surface area contributed by atoms with Crippen molar-refractivity contribution in [3.63, 3.8) is 0 Å². The first-order valence-electron chi connectivity index (χ1n) is 8.97. The van der Waals surface area contributed by atoms with Crippen molar-refractivity contribution in [2.75, 3.05) is 7.11 Å². The van der Waals surface area contributed by atoms with Gasteiger partial charge in [-0.15, -0.1) is 0 Å². The van der Waals surface area contributed by atoms with Crippen LogP contribution in [0.5, 0.6) is 23.0 Å². The summed E-state index contributed by atoms with van der Waals surface area (Å²) in [7, 11) is 1.58. The van der Waals surface area contributed by atoms with E-state index in [-0.39, 0.29) is 29.5 Å². The first-order valence-corrected chi connectivity index (χ1v) is 11.3. The summed E-state index contributed by atoms with van der Waals surface area (Å²) in [4.78, 5) is 12.4. The lowest BCUT2D eigenvalue weighted by Gasteiger charge is -2.14. The number of aromatic hydroxyl groups is 2. The van der Waals surface area contributed by atoms with Crippen LogP contribution in [0.1, 0.15) is 21.5 Å². The lowest BCUT2D eigenvalue weighted by atomic mass is 10.1. The summed E-state index contributed by atoms with van der Waals surface area (Å²) in [6.45, 7) is 0.246. The van der Waals surface area contributed by atoms with E-state index >= 15 is 0 Å². The van der Waals surface area contributed by atoms with Gasteiger partial charge in [0, 0.05) is 16.1 Å². The van der Waals surface area contributed by atoms with Gasteiger partial charge in [0.05, 0.1) is 21.6 Å². The molecule has 0 heterocycles. The number of rotatable bonds is 7. The molecule has 5 nitrogen and oxygen atoms in total. The normalized spacial score (nSPS) is 11.0. The van der Waals surface area contributed by atoms with Crippen molar-refractivity contribution >= 4 is 59.6 Å². The first-order chi connectivity index (χ1) is 14.8. The van der Waals surface area contributed by atoms with Gasteiger partial charge in [-0.1, -0.05) is 28.1 Å². The second kappa shape index (κ2) is 10.3. The fourth-order valence-electron chi connectivity index (χ4n) is 2.82. The van der Waals surface area contributed by atoms with E-state index in [4.69, 9.17) is 9.47 Å². The Morgan fingerprint density at radius 3 is 2.35 bits per heavy atom. The van der Waals surface area contributed by atoms with Gasteiger partial charge in [0.25, 0.3) is 0 Å². The standard InChI is InChI=1S/C23H17Br3O5/c1-30-22-7-3-13(2-6-20(28)17-5-4-16(27)11-21(17)29)8-14(22)12-31-23-18(25)9-15(24)10-19(23)26/h2-11,27,29H,12H2,1H3/b6-2+. The van der Waals surface area contributed by atoms with Crippen molar-refractivity contribution in [1.82, 2.24) is 0 Å². The van der Waals surface area contributed by atoms with Crippen LogP contribution in [0.3, 0.4) is 0 Å². The third kappa shape index (κ3) is 5.90. The predicted octanol–water partition coefficient (Wildman–Crippen LogP) is 6.87. The van der Waals surface area contributed by atoms with E-state index in [0.29, 0.717) is 11.5 Å². The van der Waals surface area contributed by atoms with E-state index < -0.39 is 0 Å². The highest BCUT2D eigenvalue weighted by atomic mass is 79.9. The number of hydrogen-bond acceptors (Lipinski definition) is 5. The Bertz CT molecular complexity index is 1130. The van der Waals surface area contributed by atoms with Gasteiger partial charge in [-0.05, 0) is 79.9 Å². The zero-order valence-corrected chi connectivity index (χ0v) is 21.0. The topological polar surface area (TPSA) is 76.0 Å². The maximum atomic E-state index is 12.4. The van der Waals surface area contributed by atoms with Gasteiger partial charge in [0.15, 0.2) is 5.78 Å². The minimum atomic E-state index is -0.381. The van der Waals surface area contributed by atoms with Gasteiger partial charge >= 0.3 is 0 Å². The average molecular weight is 613 g/mol. The molecule has 2 N–H and O–H groups in total. The maximum Gasteiger partial charge on any atom is 0.189 e. The Labute approximate surface area is 204 Å². The van der Waals surface area contributed by atoms with Crippen LogP contribution in [0, 0.1) is 0 Å². The van der Waals surface area contributed by atoms with Crippen LogP contribution in [0.2, 0.25) is 0 Å². The molecule has 8 heteroatoms. The average Bonchev–Trinajstić information content (AvgIpc) is 2.71. The molecular weight excluding hydrogens is 596 g/mol. The highest BCUT2D eigenvalue weighted by molar-refractivity contribution is 9.11. The number of carbonyl (C=O) groups is 1. The second-order valence-electron chi connectivity index (χ2n) is 6.46. The molecule has 3 aromatic carbocycles. The molecular formula is C23H17Br3O5. The fourth-order valence-corrected chi connectivity index (χ4v) is 5.31. The lowest BCUT2D eigenvalue weighted by molar-refractivity contribution is 0.104. The van der Waals surface area contributed by atoms with E-state index in [1.54, 1.807) is 19.3 Å². The van der Waals surface area contributed by atoms with Crippen molar-refractivity contribution in [3.8, 4) is 23.0 Å². The number of benzene rings is 3. The van der Waals surface area contributed by atoms with Gasteiger partial charge < -0.3 is 19.7 Å². The van der Waals surface area contributed by atoms with E-state index in [2.05, 4.69) is 47.8 Å². The van der Waals surface area contributed by atoms with Gasteiger partial charge in [-0.3, -0.25) is 4.79 Å². The Morgan fingerprint density at radius 1 is 1.00 bits per heavy atom. The van der Waals surface area contributed by atoms with Gasteiger partial charge in [0.2, 0.25) is 0 Å².